The molecule has 0 heterocycles. The monoisotopic (exact) mass is 235 g/mol. The number of nitrogens with one attached hydrogen (secondary N) is 1. The molecule has 94 valence electrons. The molecule has 17 heavy (non-hydrogen) atoms. The first kappa shape index (κ1) is 13.6. The van der Waals surface area contributed by atoms with E-state index in [1.54, 1.807) is 14.0 Å². The number of methoxy groups -OCH3 is 1. The fourth-order valence-electron chi connectivity index (χ4n) is 1.92. The van der Waals surface area contributed by atoms with Crippen LogP contribution in [0.15, 0.2) is 12.1 Å². The number of anilines is 1. The Hall–Kier alpha value is -1.51. The quantitative estimate of drug-likeness (QED) is 0.770. The van der Waals surface area contributed by atoms with Crippen molar-refractivity contribution in [3.05, 3.63) is 23.3 Å². The smallest absolute Gasteiger partial charge is 0.144 e. The van der Waals surface area contributed by atoms with E-state index in [9.17, 15) is 4.79 Å². The van der Waals surface area contributed by atoms with E-state index in [1.807, 2.05) is 6.92 Å². The van der Waals surface area contributed by atoms with Gasteiger partial charge in [-0.1, -0.05) is 6.07 Å². The molecule has 0 fully saturated rings. The number of aryl methyl sites for hydroxylation is 2. The number of carbonyl (C=O) groups excluding carboxylic acids is 1. The summed E-state index contributed by atoms with van der Waals surface area (Å²) in [5.41, 5.74) is 3.34. The summed E-state index contributed by atoms with van der Waals surface area (Å²) in [6, 6.07) is 4.17. The third-order valence-corrected chi connectivity index (χ3v) is 2.64. The largest absolute Gasteiger partial charge is 0.494 e. The van der Waals surface area contributed by atoms with Crippen LogP contribution in [-0.2, 0) is 4.79 Å². The lowest BCUT2D eigenvalue weighted by molar-refractivity contribution is -0.117. The number of ether oxygens (including phenoxy) is 1. The van der Waals surface area contributed by atoms with Crippen molar-refractivity contribution in [2.75, 3.05) is 19.0 Å². The molecule has 0 aromatic heterocycles. The zero-order chi connectivity index (χ0) is 12.8. The van der Waals surface area contributed by atoms with Crippen LogP contribution in [0.1, 0.15) is 30.9 Å². The summed E-state index contributed by atoms with van der Waals surface area (Å²) in [7, 11) is 1.68. The average Bonchev–Trinajstić information content (AvgIpc) is 2.23. The maximum Gasteiger partial charge on any atom is 0.144 e. The van der Waals surface area contributed by atoms with Gasteiger partial charge in [-0.2, -0.15) is 0 Å². The van der Waals surface area contributed by atoms with E-state index in [-0.39, 0.29) is 5.78 Å². The van der Waals surface area contributed by atoms with Crippen LogP contribution in [0.4, 0.5) is 5.69 Å². The number of carbonyl (C=O) groups is 1. The van der Waals surface area contributed by atoms with E-state index in [0.717, 1.165) is 30.0 Å². The van der Waals surface area contributed by atoms with Gasteiger partial charge in [0.2, 0.25) is 0 Å². The minimum Gasteiger partial charge on any atom is -0.494 e. The standard InChI is InChI=1S/C14H21NO2/c1-10-8-11(2)14(17-4)13(9-10)15-7-5-6-12(3)16/h8-9,15H,5-7H2,1-4H3. The van der Waals surface area contributed by atoms with Crippen LogP contribution < -0.4 is 10.1 Å². The van der Waals surface area contributed by atoms with Crippen LogP contribution in [0.5, 0.6) is 5.75 Å². The molecular formula is C14H21NO2. The summed E-state index contributed by atoms with van der Waals surface area (Å²) in [6.07, 6.45) is 1.48. The highest BCUT2D eigenvalue weighted by Gasteiger charge is 2.06. The van der Waals surface area contributed by atoms with Crippen molar-refractivity contribution in [3.63, 3.8) is 0 Å². The Balaban J connectivity index is 2.66. The second-order valence-electron chi connectivity index (χ2n) is 4.39. The molecule has 0 aliphatic rings. The molecule has 0 aliphatic carbocycles. The molecule has 0 saturated carbocycles. The molecule has 0 unspecified atom stereocenters. The zero-order valence-electron chi connectivity index (χ0n) is 11.1. The predicted molar refractivity (Wildman–Crippen MR) is 70.9 cm³/mol. The minimum absolute atomic E-state index is 0.235. The van der Waals surface area contributed by atoms with Crippen molar-refractivity contribution in [1.82, 2.24) is 0 Å². The predicted octanol–water partition coefficient (Wildman–Crippen LogP) is 3.09. The van der Waals surface area contributed by atoms with Gasteiger partial charge in [0.25, 0.3) is 0 Å². The van der Waals surface area contributed by atoms with E-state index in [0.29, 0.717) is 6.42 Å². The molecule has 1 N–H and O–H groups in total. The van der Waals surface area contributed by atoms with Crippen LogP contribution >= 0.6 is 0 Å². The summed E-state index contributed by atoms with van der Waals surface area (Å²) in [5, 5.41) is 3.32. The van der Waals surface area contributed by atoms with Crippen LogP contribution in [0, 0.1) is 13.8 Å². The van der Waals surface area contributed by atoms with Gasteiger partial charge in [0, 0.05) is 13.0 Å². The van der Waals surface area contributed by atoms with E-state index in [2.05, 4.69) is 24.4 Å². The summed E-state index contributed by atoms with van der Waals surface area (Å²) >= 11 is 0. The lowest BCUT2D eigenvalue weighted by Gasteiger charge is -2.14. The highest BCUT2D eigenvalue weighted by atomic mass is 16.5. The van der Waals surface area contributed by atoms with Crippen LogP contribution in [0.2, 0.25) is 0 Å². The van der Waals surface area contributed by atoms with E-state index in [4.69, 9.17) is 4.74 Å². The molecule has 1 rings (SSSR count). The molecule has 0 radical (unpaired) electrons. The normalized spacial score (nSPS) is 10.1. The molecule has 0 aliphatic heterocycles. The Morgan fingerprint density at radius 2 is 2.06 bits per heavy atom. The average molecular weight is 235 g/mol. The van der Waals surface area contributed by atoms with Crippen molar-refractivity contribution in [2.45, 2.75) is 33.6 Å². The van der Waals surface area contributed by atoms with Gasteiger partial charge in [-0.15, -0.1) is 0 Å². The molecule has 0 amide bonds. The van der Waals surface area contributed by atoms with Gasteiger partial charge in [0.1, 0.15) is 11.5 Å². The lowest BCUT2D eigenvalue weighted by atomic mass is 10.1. The summed E-state index contributed by atoms with van der Waals surface area (Å²) in [4.78, 5) is 10.8. The molecule has 0 atom stereocenters. The van der Waals surface area contributed by atoms with Crippen molar-refractivity contribution in [2.24, 2.45) is 0 Å². The number of benzene rings is 1. The molecule has 0 bridgehead atoms. The molecule has 1 aromatic carbocycles. The maximum atomic E-state index is 10.8. The van der Waals surface area contributed by atoms with Gasteiger partial charge in [-0.25, -0.2) is 0 Å². The van der Waals surface area contributed by atoms with E-state index >= 15 is 0 Å². The van der Waals surface area contributed by atoms with Crippen LogP contribution in [-0.4, -0.2) is 19.4 Å². The maximum absolute atomic E-state index is 10.8. The summed E-state index contributed by atoms with van der Waals surface area (Å²) in [6.45, 7) is 6.51. The molecular weight excluding hydrogens is 214 g/mol. The van der Waals surface area contributed by atoms with E-state index in [1.165, 1.54) is 5.56 Å². The highest BCUT2D eigenvalue weighted by Crippen LogP contribution is 2.29. The second-order valence-corrected chi connectivity index (χ2v) is 4.39. The van der Waals surface area contributed by atoms with Gasteiger partial charge >= 0.3 is 0 Å². The lowest BCUT2D eigenvalue weighted by Crippen LogP contribution is -2.06. The number of rotatable bonds is 6. The number of ketones is 1. The third kappa shape index (κ3) is 4.10. The fourth-order valence-corrected chi connectivity index (χ4v) is 1.92. The third-order valence-electron chi connectivity index (χ3n) is 2.64. The number of hydrogen-bond donors (Lipinski definition) is 1. The first-order valence-corrected chi connectivity index (χ1v) is 5.93. The topological polar surface area (TPSA) is 38.3 Å². The number of hydrogen-bond acceptors (Lipinski definition) is 3. The van der Waals surface area contributed by atoms with Gasteiger partial charge in [0.15, 0.2) is 0 Å². The van der Waals surface area contributed by atoms with Crippen molar-refractivity contribution in [1.29, 1.82) is 0 Å². The molecule has 0 saturated heterocycles. The van der Waals surface area contributed by atoms with Crippen molar-refractivity contribution in [3.8, 4) is 5.75 Å². The summed E-state index contributed by atoms with van der Waals surface area (Å²) in [5.74, 6) is 1.12. The Labute approximate surface area is 103 Å². The Bertz CT molecular complexity index is 399. The first-order valence-electron chi connectivity index (χ1n) is 5.93. The van der Waals surface area contributed by atoms with Crippen molar-refractivity contribution >= 4 is 11.5 Å². The second kappa shape index (κ2) is 6.28. The van der Waals surface area contributed by atoms with Gasteiger partial charge in [-0.3, -0.25) is 0 Å². The molecule has 3 nitrogen and oxygen atoms in total. The van der Waals surface area contributed by atoms with Gasteiger partial charge in [-0.05, 0) is 44.4 Å². The Kier molecular flexibility index (Phi) is 5.01. The van der Waals surface area contributed by atoms with Crippen LogP contribution in [0.3, 0.4) is 0 Å². The molecule has 3 heteroatoms. The minimum atomic E-state index is 0.235. The van der Waals surface area contributed by atoms with Crippen LogP contribution in [0.25, 0.3) is 0 Å². The SMILES string of the molecule is COc1c(C)cc(C)cc1NCCCC(C)=O. The molecule has 1 aromatic rings. The Morgan fingerprint density at radius 3 is 2.65 bits per heavy atom. The highest BCUT2D eigenvalue weighted by molar-refractivity contribution is 5.75. The van der Waals surface area contributed by atoms with Crippen molar-refractivity contribution < 1.29 is 9.53 Å². The van der Waals surface area contributed by atoms with Gasteiger partial charge < -0.3 is 14.8 Å². The summed E-state index contributed by atoms with van der Waals surface area (Å²) < 4.78 is 5.38. The van der Waals surface area contributed by atoms with E-state index < -0.39 is 0 Å². The zero-order valence-corrected chi connectivity index (χ0v) is 11.1. The Morgan fingerprint density at radius 1 is 1.35 bits per heavy atom. The number of Topliss-reactive ketones (excluding diaryl/α,β-unsaturated/α-hetero) is 1. The van der Waals surface area contributed by atoms with Gasteiger partial charge in [0.05, 0.1) is 12.8 Å². The fraction of sp³-hybridized carbons (Fsp3) is 0.500. The first-order chi connectivity index (χ1) is 8.04. The molecule has 0 spiro atoms.